The highest BCUT2D eigenvalue weighted by Crippen LogP contribution is 2.31. The Bertz CT molecular complexity index is 1040. The van der Waals surface area contributed by atoms with Gasteiger partial charge in [0.1, 0.15) is 0 Å². The molecule has 2 aromatic carbocycles. The Balaban J connectivity index is 2.35. The summed E-state index contributed by atoms with van der Waals surface area (Å²) in [7, 11) is -3.93. The first kappa shape index (κ1) is 15.2. The fourth-order valence-corrected chi connectivity index (χ4v) is 4.15. The number of aromatic nitrogens is 2. The Morgan fingerprint density at radius 2 is 1.74 bits per heavy atom. The smallest absolute Gasteiger partial charge is 0.258 e. The van der Waals surface area contributed by atoms with Crippen molar-refractivity contribution < 1.29 is 13.3 Å². The molecule has 23 heavy (non-hydrogen) atoms. The molecule has 0 saturated heterocycles. The Morgan fingerprint density at radius 1 is 1.09 bits per heavy atom. The number of nitrogens with zero attached hydrogens (tertiary/aromatic N) is 3. The third kappa shape index (κ3) is 2.36. The van der Waals surface area contributed by atoms with Crippen molar-refractivity contribution in [3.8, 4) is 0 Å². The topological polar surface area (TPSA) is 95.1 Å². The predicted octanol–water partition coefficient (Wildman–Crippen LogP) is 2.80. The minimum absolute atomic E-state index is 0.00935. The summed E-state index contributed by atoms with van der Waals surface area (Å²) in [5.41, 5.74) is 0.926. The number of fused-ring (bicyclic) bond motifs is 1. The lowest BCUT2D eigenvalue weighted by Crippen LogP contribution is -2.16. The summed E-state index contributed by atoms with van der Waals surface area (Å²) in [5.74, 6) is 0. The van der Waals surface area contributed by atoms with E-state index < -0.39 is 14.9 Å². The molecular formula is C15H13N3O4S. The Kier molecular flexibility index (Phi) is 3.41. The molecule has 0 spiro atoms. The van der Waals surface area contributed by atoms with E-state index in [2.05, 4.69) is 5.10 Å². The van der Waals surface area contributed by atoms with Crippen molar-refractivity contribution in [2.75, 3.05) is 0 Å². The molecule has 7 nitrogen and oxygen atoms in total. The van der Waals surface area contributed by atoms with E-state index in [1.165, 1.54) is 30.3 Å². The van der Waals surface area contributed by atoms with Gasteiger partial charge in [-0.15, -0.1) is 0 Å². The molecule has 0 unspecified atom stereocenters. The van der Waals surface area contributed by atoms with E-state index in [4.69, 9.17) is 0 Å². The zero-order valence-corrected chi connectivity index (χ0v) is 13.2. The minimum atomic E-state index is -3.93. The molecule has 3 rings (SSSR count). The Labute approximate surface area is 132 Å². The lowest BCUT2D eigenvalue weighted by atomic mass is 10.1. The van der Waals surface area contributed by atoms with Gasteiger partial charge < -0.3 is 0 Å². The summed E-state index contributed by atoms with van der Waals surface area (Å²) in [6.45, 7) is 3.35. The second kappa shape index (κ2) is 5.17. The number of nitro groups is 1. The van der Waals surface area contributed by atoms with Gasteiger partial charge >= 0.3 is 0 Å². The van der Waals surface area contributed by atoms with Gasteiger partial charge in [0.2, 0.25) is 0 Å². The highest BCUT2D eigenvalue weighted by Gasteiger charge is 2.24. The quantitative estimate of drug-likeness (QED) is 0.543. The normalized spacial score (nSPS) is 11.7. The summed E-state index contributed by atoms with van der Waals surface area (Å²) in [6, 6.07) is 10.5. The standard InChI is InChI=1S/C15H13N3O4S/c1-10-9-11(2)17(16-10)23(21,22)15-8-4-5-12-13(15)6-3-7-14(12)18(19)20/h3-9H,1-2H3. The van der Waals surface area contributed by atoms with Crippen LogP contribution in [0.3, 0.4) is 0 Å². The summed E-state index contributed by atoms with van der Waals surface area (Å²) in [5, 5.41) is 15.7. The fourth-order valence-electron chi connectivity index (χ4n) is 2.59. The van der Waals surface area contributed by atoms with Crippen LogP contribution in [-0.4, -0.2) is 22.5 Å². The lowest BCUT2D eigenvalue weighted by Gasteiger charge is -2.09. The van der Waals surface area contributed by atoms with E-state index >= 15 is 0 Å². The van der Waals surface area contributed by atoms with Gasteiger partial charge in [0.15, 0.2) is 0 Å². The van der Waals surface area contributed by atoms with Gasteiger partial charge in [-0.05, 0) is 32.0 Å². The molecule has 0 N–H and O–H groups in total. The Hall–Kier alpha value is -2.74. The molecule has 0 bridgehead atoms. The molecular weight excluding hydrogens is 318 g/mol. The number of hydrogen-bond acceptors (Lipinski definition) is 5. The number of hydrogen-bond donors (Lipinski definition) is 0. The molecule has 118 valence electrons. The molecule has 1 heterocycles. The third-order valence-electron chi connectivity index (χ3n) is 3.53. The van der Waals surface area contributed by atoms with Crippen molar-refractivity contribution in [1.29, 1.82) is 0 Å². The van der Waals surface area contributed by atoms with Crippen LogP contribution in [0, 0.1) is 24.0 Å². The van der Waals surface area contributed by atoms with Gasteiger partial charge in [0, 0.05) is 11.5 Å². The van der Waals surface area contributed by atoms with E-state index in [0.717, 1.165) is 4.09 Å². The van der Waals surface area contributed by atoms with Crippen molar-refractivity contribution >= 4 is 26.5 Å². The van der Waals surface area contributed by atoms with Gasteiger partial charge in [-0.2, -0.15) is 17.6 Å². The third-order valence-corrected chi connectivity index (χ3v) is 5.27. The van der Waals surface area contributed by atoms with Crippen LogP contribution in [-0.2, 0) is 10.0 Å². The maximum absolute atomic E-state index is 12.9. The highest BCUT2D eigenvalue weighted by atomic mass is 32.2. The van der Waals surface area contributed by atoms with Crippen molar-refractivity contribution in [2.45, 2.75) is 18.7 Å². The summed E-state index contributed by atoms with van der Waals surface area (Å²) in [6.07, 6.45) is 0. The van der Waals surface area contributed by atoms with E-state index in [1.807, 2.05) is 0 Å². The van der Waals surface area contributed by atoms with Gasteiger partial charge in [-0.1, -0.05) is 18.2 Å². The van der Waals surface area contributed by atoms with Gasteiger partial charge in [-0.3, -0.25) is 10.1 Å². The van der Waals surface area contributed by atoms with Crippen LogP contribution in [0.5, 0.6) is 0 Å². The average molecular weight is 331 g/mol. The van der Waals surface area contributed by atoms with Crippen molar-refractivity contribution in [3.63, 3.8) is 0 Å². The monoisotopic (exact) mass is 331 g/mol. The number of nitro benzene ring substituents is 1. The van der Waals surface area contributed by atoms with Crippen LogP contribution in [0.25, 0.3) is 10.8 Å². The largest absolute Gasteiger partial charge is 0.283 e. The maximum Gasteiger partial charge on any atom is 0.283 e. The van der Waals surface area contributed by atoms with Crippen LogP contribution in [0.2, 0.25) is 0 Å². The van der Waals surface area contributed by atoms with Crippen molar-refractivity contribution in [2.24, 2.45) is 0 Å². The van der Waals surface area contributed by atoms with Crippen molar-refractivity contribution in [3.05, 3.63) is 64.0 Å². The number of aryl methyl sites for hydroxylation is 2. The second-order valence-corrected chi connectivity index (χ2v) is 6.90. The van der Waals surface area contributed by atoms with Gasteiger partial charge in [0.05, 0.1) is 26.6 Å². The number of benzene rings is 2. The van der Waals surface area contributed by atoms with Crippen LogP contribution in [0.1, 0.15) is 11.4 Å². The number of non-ortho nitro benzene ring substituents is 1. The van der Waals surface area contributed by atoms with E-state index in [1.54, 1.807) is 26.0 Å². The zero-order valence-electron chi connectivity index (χ0n) is 12.4. The molecule has 0 radical (unpaired) electrons. The molecule has 0 amide bonds. The van der Waals surface area contributed by atoms with E-state index in [0.29, 0.717) is 16.8 Å². The first-order valence-electron chi connectivity index (χ1n) is 6.77. The molecule has 8 heteroatoms. The zero-order chi connectivity index (χ0) is 16.8. The molecule has 0 atom stereocenters. The van der Waals surface area contributed by atoms with Crippen LogP contribution < -0.4 is 0 Å². The molecule has 1 aromatic heterocycles. The highest BCUT2D eigenvalue weighted by molar-refractivity contribution is 7.90. The van der Waals surface area contributed by atoms with Crippen LogP contribution in [0.4, 0.5) is 5.69 Å². The summed E-state index contributed by atoms with van der Waals surface area (Å²) in [4.78, 5) is 10.6. The van der Waals surface area contributed by atoms with E-state index in [9.17, 15) is 18.5 Å². The Morgan fingerprint density at radius 3 is 2.35 bits per heavy atom. The first-order chi connectivity index (χ1) is 10.8. The molecule has 0 aliphatic heterocycles. The first-order valence-corrected chi connectivity index (χ1v) is 8.21. The molecule has 0 saturated carbocycles. The minimum Gasteiger partial charge on any atom is -0.258 e. The molecule has 0 fully saturated rings. The van der Waals surface area contributed by atoms with Gasteiger partial charge in [-0.25, -0.2) is 0 Å². The SMILES string of the molecule is Cc1cc(C)n(S(=O)(=O)c2cccc3c([N+](=O)[O-])cccc23)n1. The summed E-state index contributed by atoms with van der Waals surface area (Å²) < 4.78 is 26.7. The molecule has 0 aliphatic rings. The van der Waals surface area contributed by atoms with E-state index in [-0.39, 0.29) is 16.0 Å². The maximum atomic E-state index is 12.9. The predicted molar refractivity (Wildman–Crippen MR) is 84.9 cm³/mol. The fraction of sp³-hybridized carbons (Fsp3) is 0.133. The molecule has 3 aromatic rings. The lowest BCUT2D eigenvalue weighted by molar-refractivity contribution is -0.383. The van der Waals surface area contributed by atoms with Crippen LogP contribution >= 0.6 is 0 Å². The average Bonchev–Trinajstić information content (AvgIpc) is 2.85. The summed E-state index contributed by atoms with van der Waals surface area (Å²) >= 11 is 0. The number of rotatable bonds is 3. The van der Waals surface area contributed by atoms with Gasteiger partial charge in [0.25, 0.3) is 15.7 Å². The van der Waals surface area contributed by atoms with Crippen LogP contribution in [0.15, 0.2) is 47.4 Å². The van der Waals surface area contributed by atoms with Crippen molar-refractivity contribution in [1.82, 2.24) is 9.19 Å². The second-order valence-electron chi connectivity index (χ2n) is 5.16. The molecule has 0 aliphatic carbocycles.